The van der Waals surface area contributed by atoms with Gasteiger partial charge in [0.15, 0.2) is 0 Å². The lowest BCUT2D eigenvalue weighted by atomic mass is 9.98. The fourth-order valence-corrected chi connectivity index (χ4v) is 3.91. The molecule has 2 aliphatic heterocycles. The molecule has 0 bridgehead atoms. The molecule has 2 unspecified atom stereocenters. The third kappa shape index (κ3) is 3.27. The number of carbonyl (C=O) groups is 1. The fourth-order valence-electron chi connectivity index (χ4n) is 3.00. The average molecular weight is 290 g/mol. The molecule has 1 N–H and O–H groups in total. The van der Waals surface area contributed by atoms with E-state index in [4.69, 9.17) is 0 Å². The highest BCUT2D eigenvalue weighted by Crippen LogP contribution is 2.25. The molecule has 2 atom stereocenters. The van der Waals surface area contributed by atoms with Gasteiger partial charge in [-0.2, -0.15) is 0 Å². The van der Waals surface area contributed by atoms with Crippen molar-refractivity contribution in [1.82, 2.24) is 9.21 Å². The van der Waals surface area contributed by atoms with Gasteiger partial charge in [0, 0.05) is 19.6 Å². The minimum Gasteiger partial charge on any atom is -0.394 e. The highest BCUT2D eigenvalue weighted by molar-refractivity contribution is 7.88. The number of rotatable bonds is 3. The van der Waals surface area contributed by atoms with E-state index in [-0.39, 0.29) is 31.0 Å². The Morgan fingerprint density at radius 3 is 2.58 bits per heavy atom. The van der Waals surface area contributed by atoms with Gasteiger partial charge in [-0.05, 0) is 25.7 Å². The monoisotopic (exact) mass is 290 g/mol. The number of carbonyl (C=O) groups excluding carboxylic acids is 1. The van der Waals surface area contributed by atoms with Crippen LogP contribution < -0.4 is 0 Å². The molecule has 0 aromatic heterocycles. The lowest BCUT2D eigenvalue weighted by Gasteiger charge is -2.34. The normalized spacial score (nSPS) is 29.7. The molecule has 0 saturated carbocycles. The molecule has 1 amide bonds. The van der Waals surface area contributed by atoms with E-state index in [1.54, 1.807) is 4.90 Å². The first-order chi connectivity index (χ1) is 8.93. The maximum atomic E-state index is 12.4. The number of piperidine rings is 1. The van der Waals surface area contributed by atoms with Gasteiger partial charge < -0.3 is 10.0 Å². The third-order valence-electron chi connectivity index (χ3n) is 4.07. The molecule has 2 rings (SSSR count). The average Bonchev–Trinajstić information content (AvgIpc) is 2.85. The van der Waals surface area contributed by atoms with Gasteiger partial charge in [0.1, 0.15) is 0 Å². The number of sulfonamides is 1. The van der Waals surface area contributed by atoms with Crippen LogP contribution >= 0.6 is 0 Å². The van der Waals surface area contributed by atoms with E-state index in [9.17, 15) is 18.3 Å². The summed E-state index contributed by atoms with van der Waals surface area (Å²) in [6.07, 6.45) is 4.40. The van der Waals surface area contributed by atoms with Crippen LogP contribution in [0.5, 0.6) is 0 Å². The highest BCUT2D eigenvalue weighted by Gasteiger charge is 2.36. The highest BCUT2D eigenvalue weighted by atomic mass is 32.2. The lowest BCUT2D eigenvalue weighted by Crippen LogP contribution is -2.48. The van der Waals surface area contributed by atoms with Crippen molar-refractivity contribution in [2.45, 2.75) is 31.7 Å². The summed E-state index contributed by atoms with van der Waals surface area (Å²) in [5.41, 5.74) is 0. The van der Waals surface area contributed by atoms with Gasteiger partial charge >= 0.3 is 0 Å². The molecule has 2 fully saturated rings. The van der Waals surface area contributed by atoms with Crippen LogP contribution in [0.15, 0.2) is 0 Å². The van der Waals surface area contributed by atoms with Crippen molar-refractivity contribution in [3.63, 3.8) is 0 Å². The number of nitrogens with zero attached hydrogens (tertiary/aromatic N) is 2. The van der Waals surface area contributed by atoms with Crippen molar-refractivity contribution in [2.75, 3.05) is 32.5 Å². The molecule has 2 aliphatic rings. The zero-order valence-corrected chi connectivity index (χ0v) is 12.1. The molecule has 0 aliphatic carbocycles. The van der Waals surface area contributed by atoms with Crippen molar-refractivity contribution >= 4 is 15.9 Å². The molecule has 0 aromatic carbocycles. The molecule has 2 saturated heterocycles. The summed E-state index contributed by atoms with van der Waals surface area (Å²) in [7, 11) is -3.22. The number of amides is 1. The standard InChI is InChI=1S/C12H22N2O4S/c1-19(17,18)13-6-2-4-10(8-13)12(16)14-7-3-5-11(14)9-15/h10-11,15H,2-9H2,1H3. The topological polar surface area (TPSA) is 77.9 Å². The Kier molecular flexibility index (Phi) is 4.47. The van der Waals surface area contributed by atoms with Gasteiger partial charge in [0.05, 0.1) is 24.8 Å². The molecular weight excluding hydrogens is 268 g/mol. The van der Waals surface area contributed by atoms with Crippen molar-refractivity contribution < 1.29 is 18.3 Å². The van der Waals surface area contributed by atoms with Gasteiger partial charge in [-0.1, -0.05) is 0 Å². The van der Waals surface area contributed by atoms with Crippen LogP contribution in [0, 0.1) is 5.92 Å². The number of likely N-dealkylation sites (tertiary alicyclic amines) is 1. The zero-order chi connectivity index (χ0) is 14.0. The van der Waals surface area contributed by atoms with E-state index in [0.29, 0.717) is 13.1 Å². The Hall–Kier alpha value is -0.660. The second-order valence-electron chi connectivity index (χ2n) is 5.47. The first-order valence-electron chi connectivity index (χ1n) is 6.80. The summed E-state index contributed by atoms with van der Waals surface area (Å²) in [4.78, 5) is 14.2. The molecule has 2 heterocycles. The van der Waals surface area contributed by atoms with Gasteiger partial charge in [0.25, 0.3) is 0 Å². The van der Waals surface area contributed by atoms with Crippen LogP contribution in [-0.2, 0) is 14.8 Å². The first kappa shape index (κ1) is 14.7. The van der Waals surface area contributed by atoms with E-state index in [2.05, 4.69) is 0 Å². The molecule has 0 radical (unpaired) electrons. The Morgan fingerprint density at radius 1 is 1.26 bits per heavy atom. The van der Waals surface area contributed by atoms with E-state index in [1.165, 1.54) is 10.6 Å². The molecule has 7 heteroatoms. The van der Waals surface area contributed by atoms with Gasteiger partial charge in [-0.3, -0.25) is 4.79 Å². The van der Waals surface area contributed by atoms with E-state index in [1.807, 2.05) is 0 Å². The summed E-state index contributed by atoms with van der Waals surface area (Å²) in [5, 5.41) is 9.26. The molecule has 19 heavy (non-hydrogen) atoms. The Labute approximate surface area is 114 Å². The van der Waals surface area contributed by atoms with Crippen LogP contribution in [0.1, 0.15) is 25.7 Å². The molecule has 0 aromatic rings. The largest absolute Gasteiger partial charge is 0.394 e. The van der Waals surface area contributed by atoms with Crippen molar-refractivity contribution in [3.05, 3.63) is 0 Å². The quantitative estimate of drug-likeness (QED) is 0.770. The predicted octanol–water partition coefficient (Wildman–Crippen LogP) is -0.359. The molecule has 6 nitrogen and oxygen atoms in total. The van der Waals surface area contributed by atoms with Gasteiger partial charge in [-0.15, -0.1) is 0 Å². The second kappa shape index (κ2) is 5.76. The smallest absolute Gasteiger partial charge is 0.227 e. The van der Waals surface area contributed by atoms with Crippen molar-refractivity contribution in [1.29, 1.82) is 0 Å². The van der Waals surface area contributed by atoms with Crippen molar-refractivity contribution in [2.24, 2.45) is 5.92 Å². The lowest BCUT2D eigenvalue weighted by molar-refractivity contribution is -0.138. The predicted molar refractivity (Wildman–Crippen MR) is 71.0 cm³/mol. The SMILES string of the molecule is CS(=O)(=O)N1CCCC(C(=O)N2CCCC2CO)C1. The van der Waals surface area contributed by atoms with Crippen LogP contribution in [0.4, 0.5) is 0 Å². The summed E-state index contributed by atoms with van der Waals surface area (Å²) < 4.78 is 24.5. The molecule has 110 valence electrons. The Bertz CT molecular complexity index is 437. The van der Waals surface area contributed by atoms with Crippen LogP contribution in [0.25, 0.3) is 0 Å². The van der Waals surface area contributed by atoms with Gasteiger partial charge in [0.2, 0.25) is 15.9 Å². The zero-order valence-electron chi connectivity index (χ0n) is 11.3. The Morgan fingerprint density at radius 2 is 1.95 bits per heavy atom. The minimum absolute atomic E-state index is 0.00454. The summed E-state index contributed by atoms with van der Waals surface area (Å²) in [6, 6.07) is -0.0823. The number of hydrogen-bond acceptors (Lipinski definition) is 4. The molecular formula is C12H22N2O4S. The number of aliphatic hydroxyl groups is 1. The minimum atomic E-state index is -3.22. The first-order valence-corrected chi connectivity index (χ1v) is 8.64. The maximum absolute atomic E-state index is 12.4. The van der Waals surface area contributed by atoms with Crippen LogP contribution in [0.3, 0.4) is 0 Å². The van der Waals surface area contributed by atoms with Crippen LogP contribution in [0.2, 0.25) is 0 Å². The van der Waals surface area contributed by atoms with Crippen LogP contribution in [-0.4, -0.2) is 67.2 Å². The fraction of sp³-hybridized carbons (Fsp3) is 0.917. The van der Waals surface area contributed by atoms with E-state index >= 15 is 0 Å². The van der Waals surface area contributed by atoms with E-state index in [0.717, 1.165) is 25.7 Å². The summed E-state index contributed by atoms with van der Waals surface area (Å²) in [5.74, 6) is -0.250. The summed E-state index contributed by atoms with van der Waals surface area (Å²) >= 11 is 0. The maximum Gasteiger partial charge on any atom is 0.227 e. The van der Waals surface area contributed by atoms with Gasteiger partial charge in [-0.25, -0.2) is 12.7 Å². The third-order valence-corrected chi connectivity index (χ3v) is 5.34. The number of aliphatic hydroxyl groups excluding tert-OH is 1. The number of hydrogen-bond donors (Lipinski definition) is 1. The Balaban J connectivity index is 2.03. The van der Waals surface area contributed by atoms with Crippen molar-refractivity contribution in [3.8, 4) is 0 Å². The van der Waals surface area contributed by atoms with E-state index < -0.39 is 10.0 Å². The molecule has 0 spiro atoms. The second-order valence-corrected chi connectivity index (χ2v) is 7.45. The summed E-state index contributed by atoms with van der Waals surface area (Å²) in [6.45, 7) is 1.46.